The lowest BCUT2D eigenvalue weighted by Gasteiger charge is -2.13. The summed E-state index contributed by atoms with van der Waals surface area (Å²) in [6, 6.07) is 9.45. The first kappa shape index (κ1) is 15.3. The SMILES string of the molecule is Cc1nc2c(C(=O)NC(C)c3ccccc3)c[nH]n2c(=O)c1Cl. The van der Waals surface area contributed by atoms with Gasteiger partial charge in [-0.3, -0.25) is 14.7 Å². The van der Waals surface area contributed by atoms with Crippen LogP contribution in [0.4, 0.5) is 0 Å². The van der Waals surface area contributed by atoms with Gasteiger partial charge in [0.1, 0.15) is 10.6 Å². The molecule has 2 heterocycles. The third-order valence-corrected chi connectivity index (χ3v) is 4.10. The second kappa shape index (κ2) is 5.89. The van der Waals surface area contributed by atoms with Gasteiger partial charge in [-0.25, -0.2) is 4.98 Å². The van der Waals surface area contributed by atoms with Crippen molar-refractivity contribution >= 4 is 23.2 Å². The number of benzene rings is 1. The molecule has 1 unspecified atom stereocenters. The summed E-state index contributed by atoms with van der Waals surface area (Å²) < 4.78 is 1.16. The molecule has 3 rings (SSSR count). The Bertz CT molecular complexity index is 930. The highest BCUT2D eigenvalue weighted by Gasteiger charge is 2.19. The molecule has 7 heteroatoms. The fourth-order valence-electron chi connectivity index (χ4n) is 2.37. The van der Waals surface area contributed by atoms with Crippen molar-refractivity contribution in [2.75, 3.05) is 0 Å². The van der Waals surface area contributed by atoms with Crippen LogP contribution < -0.4 is 10.9 Å². The molecule has 118 valence electrons. The molecule has 0 saturated heterocycles. The Balaban J connectivity index is 1.94. The summed E-state index contributed by atoms with van der Waals surface area (Å²) in [5.74, 6) is -0.311. The standard InChI is InChI=1S/C16H15ClN4O2/c1-9(11-6-4-3-5-7-11)20-15(22)12-8-18-21-14(12)19-10(2)13(17)16(21)23/h3-9,18H,1-2H3,(H,20,22). The molecule has 0 aliphatic heterocycles. The molecule has 0 aliphatic carbocycles. The Labute approximate surface area is 137 Å². The quantitative estimate of drug-likeness (QED) is 0.774. The predicted molar refractivity (Wildman–Crippen MR) is 87.9 cm³/mol. The molecule has 0 aliphatic rings. The maximum Gasteiger partial charge on any atom is 0.291 e. The summed E-state index contributed by atoms with van der Waals surface area (Å²) in [5.41, 5.74) is 1.51. The molecule has 6 nitrogen and oxygen atoms in total. The first-order valence-corrected chi connectivity index (χ1v) is 7.49. The van der Waals surface area contributed by atoms with Gasteiger partial charge < -0.3 is 5.32 Å². The van der Waals surface area contributed by atoms with Crippen LogP contribution in [0.2, 0.25) is 5.02 Å². The van der Waals surface area contributed by atoms with Crippen LogP contribution in [0.25, 0.3) is 5.65 Å². The van der Waals surface area contributed by atoms with Gasteiger partial charge in [-0.05, 0) is 19.4 Å². The van der Waals surface area contributed by atoms with Crippen LogP contribution in [-0.4, -0.2) is 20.5 Å². The van der Waals surface area contributed by atoms with E-state index in [0.717, 1.165) is 10.1 Å². The third kappa shape index (κ3) is 2.73. The average Bonchev–Trinajstić information content (AvgIpc) is 2.97. The smallest absolute Gasteiger partial charge is 0.291 e. The summed E-state index contributed by atoms with van der Waals surface area (Å²) in [6.45, 7) is 3.52. The van der Waals surface area contributed by atoms with Gasteiger partial charge in [-0.2, -0.15) is 4.52 Å². The number of carbonyl (C=O) groups excluding carboxylic acids is 1. The van der Waals surface area contributed by atoms with Gasteiger partial charge in [0.25, 0.3) is 11.5 Å². The number of fused-ring (bicyclic) bond motifs is 1. The zero-order valence-corrected chi connectivity index (χ0v) is 13.4. The van der Waals surface area contributed by atoms with E-state index in [1.165, 1.54) is 6.20 Å². The zero-order valence-electron chi connectivity index (χ0n) is 12.6. The number of amides is 1. The first-order valence-electron chi connectivity index (χ1n) is 7.11. The number of hydrogen-bond acceptors (Lipinski definition) is 3. The maximum absolute atomic E-state index is 12.5. The zero-order chi connectivity index (χ0) is 16.6. The number of aromatic nitrogens is 3. The van der Waals surface area contributed by atoms with Crippen molar-refractivity contribution in [3.63, 3.8) is 0 Å². The Morgan fingerprint density at radius 1 is 1.35 bits per heavy atom. The van der Waals surface area contributed by atoms with E-state index in [-0.39, 0.29) is 22.6 Å². The molecule has 1 atom stereocenters. The average molecular weight is 331 g/mol. The summed E-state index contributed by atoms with van der Waals surface area (Å²) in [6.07, 6.45) is 1.45. The van der Waals surface area contributed by atoms with Gasteiger partial charge in [0.15, 0.2) is 5.65 Å². The molecule has 0 radical (unpaired) electrons. The Kier molecular flexibility index (Phi) is 3.92. The highest BCUT2D eigenvalue weighted by molar-refractivity contribution is 6.31. The predicted octanol–water partition coefficient (Wildman–Crippen LogP) is 2.48. The van der Waals surface area contributed by atoms with E-state index >= 15 is 0 Å². The van der Waals surface area contributed by atoms with E-state index in [2.05, 4.69) is 15.4 Å². The van der Waals surface area contributed by atoms with E-state index in [0.29, 0.717) is 11.3 Å². The van der Waals surface area contributed by atoms with Gasteiger partial charge in [0.05, 0.1) is 11.7 Å². The first-order chi connectivity index (χ1) is 11.0. The summed E-state index contributed by atoms with van der Waals surface area (Å²) in [5, 5.41) is 5.65. The van der Waals surface area contributed by atoms with E-state index in [9.17, 15) is 9.59 Å². The highest BCUT2D eigenvalue weighted by Crippen LogP contribution is 2.15. The number of rotatable bonds is 3. The molecule has 23 heavy (non-hydrogen) atoms. The summed E-state index contributed by atoms with van der Waals surface area (Å²) in [4.78, 5) is 28.8. The van der Waals surface area contributed by atoms with Gasteiger partial charge in [-0.15, -0.1) is 0 Å². The fraction of sp³-hybridized carbons (Fsp3) is 0.188. The van der Waals surface area contributed by atoms with Crippen molar-refractivity contribution in [2.45, 2.75) is 19.9 Å². The molecule has 0 spiro atoms. The number of hydrogen-bond donors (Lipinski definition) is 2. The number of aromatic amines is 1. The number of H-pyrrole nitrogens is 1. The van der Waals surface area contributed by atoms with Gasteiger partial charge >= 0.3 is 0 Å². The van der Waals surface area contributed by atoms with Crippen molar-refractivity contribution in [3.05, 3.63) is 68.7 Å². The number of halogens is 1. The Morgan fingerprint density at radius 2 is 2.04 bits per heavy atom. The second-order valence-corrected chi connectivity index (χ2v) is 5.65. The van der Waals surface area contributed by atoms with Crippen LogP contribution >= 0.6 is 11.6 Å². The third-order valence-electron chi connectivity index (χ3n) is 3.66. The van der Waals surface area contributed by atoms with E-state index < -0.39 is 5.56 Å². The topological polar surface area (TPSA) is 79.3 Å². The molecule has 0 fully saturated rings. The highest BCUT2D eigenvalue weighted by atomic mass is 35.5. The monoisotopic (exact) mass is 330 g/mol. The number of nitrogens with zero attached hydrogens (tertiary/aromatic N) is 2. The van der Waals surface area contributed by atoms with Crippen LogP contribution in [0.1, 0.15) is 34.6 Å². The van der Waals surface area contributed by atoms with Crippen LogP contribution in [0.15, 0.2) is 41.3 Å². The largest absolute Gasteiger partial charge is 0.345 e. The molecular weight excluding hydrogens is 316 g/mol. The maximum atomic E-state index is 12.5. The molecule has 1 aromatic carbocycles. The number of aryl methyl sites for hydroxylation is 1. The number of carbonyl (C=O) groups is 1. The molecule has 1 amide bonds. The molecule has 2 N–H and O–H groups in total. The lowest BCUT2D eigenvalue weighted by molar-refractivity contribution is 0.0941. The van der Waals surface area contributed by atoms with E-state index in [1.807, 2.05) is 37.3 Å². The van der Waals surface area contributed by atoms with Crippen LogP contribution in [0.5, 0.6) is 0 Å². The van der Waals surface area contributed by atoms with E-state index in [1.54, 1.807) is 6.92 Å². The minimum absolute atomic E-state index is 0.0361. The normalized spacial score (nSPS) is 12.3. The summed E-state index contributed by atoms with van der Waals surface area (Å²) in [7, 11) is 0. The minimum atomic E-state index is -0.427. The Morgan fingerprint density at radius 3 is 2.74 bits per heavy atom. The van der Waals surface area contributed by atoms with Gasteiger partial charge in [-0.1, -0.05) is 41.9 Å². The van der Waals surface area contributed by atoms with Crippen molar-refractivity contribution in [3.8, 4) is 0 Å². The molecule has 2 aromatic heterocycles. The minimum Gasteiger partial charge on any atom is -0.345 e. The molecular formula is C16H15ClN4O2. The second-order valence-electron chi connectivity index (χ2n) is 5.27. The van der Waals surface area contributed by atoms with Crippen molar-refractivity contribution in [1.29, 1.82) is 0 Å². The number of nitrogens with one attached hydrogen (secondary N) is 2. The lowest BCUT2D eigenvalue weighted by Crippen LogP contribution is -2.27. The summed E-state index contributed by atoms with van der Waals surface area (Å²) >= 11 is 5.89. The molecule has 0 bridgehead atoms. The van der Waals surface area contributed by atoms with Crippen LogP contribution in [-0.2, 0) is 0 Å². The molecule has 0 saturated carbocycles. The fourth-order valence-corrected chi connectivity index (χ4v) is 2.49. The van der Waals surface area contributed by atoms with Crippen LogP contribution in [0, 0.1) is 6.92 Å². The van der Waals surface area contributed by atoms with E-state index in [4.69, 9.17) is 11.6 Å². The van der Waals surface area contributed by atoms with Crippen molar-refractivity contribution in [1.82, 2.24) is 19.9 Å². The van der Waals surface area contributed by atoms with Crippen molar-refractivity contribution < 1.29 is 4.79 Å². The Hall–Kier alpha value is -2.60. The van der Waals surface area contributed by atoms with Crippen LogP contribution in [0.3, 0.4) is 0 Å². The van der Waals surface area contributed by atoms with Crippen molar-refractivity contribution in [2.24, 2.45) is 0 Å². The van der Waals surface area contributed by atoms with Gasteiger partial charge in [0.2, 0.25) is 0 Å². The lowest BCUT2D eigenvalue weighted by atomic mass is 10.1. The van der Waals surface area contributed by atoms with Gasteiger partial charge in [0, 0.05) is 6.20 Å². The molecule has 3 aromatic rings.